The van der Waals surface area contributed by atoms with Crippen LogP contribution in [-0.2, 0) is 4.74 Å². The quantitative estimate of drug-likeness (QED) is 0.938. The van der Waals surface area contributed by atoms with Gasteiger partial charge in [0.1, 0.15) is 5.82 Å². The Bertz CT molecular complexity index is 523. The molecule has 1 aliphatic rings. The molecule has 1 N–H and O–H groups in total. The van der Waals surface area contributed by atoms with Crippen molar-refractivity contribution in [1.29, 1.82) is 0 Å². The van der Waals surface area contributed by atoms with Gasteiger partial charge in [-0.05, 0) is 19.1 Å². The fraction of sp³-hybridized carbons (Fsp3) is 0.429. The van der Waals surface area contributed by atoms with Gasteiger partial charge in [0, 0.05) is 24.2 Å². The summed E-state index contributed by atoms with van der Waals surface area (Å²) in [6, 6.07) is 4.39. The summed E-state index contributed by atoms with van der Waals surface area (Å²) in [5.74, 6) is 1.02. The predicted octanol–water partition coefficient (Wildman–Crippen LogP) is 2.55. The van der Waals surface area contributed by atoms with Gasteiger partial charge < -0.3 is 15.0 Å². The lowest BCUT2D eigenvalue weighted by atomic mass is 10.2. The molecule has 0 aliphatic carbocycles. The van der Waals surface area contributed by atoms with Crippen LogP contribution in [0.1, 0.15) is 17.8 Å². The van der Waals surface area contributed by atoms with Crippen molar-refractivity contribution in [2.75, 3.05) is 36.5 Å². The number of nitrogens with one attached hydrogen (secondary N) is 1. The minimum atomic E-state index is 0.249. The Morgan fingerprint density at radius 1 is 1.30 bits per heavy atom. The number of morpholine rings is 1. The lowest BCUT2D eigenvalue weighted by molar-refractivity contribution is 0.122. The van der Waals surface area contributed by atoms with Crippen molar-refractivity contribution < 1.29 is 4.74 Å². The van der Waals surface area contributed by atoms with Crippen molar-refractivity contribution in [2.45, 2.75) is 13.0 Å². The fourth-order valence-corrected chi connectivity index (χ4v) is 2.84. The molecule has 2 aromatic rings. The average molecular weight is 290 g/mol. The fourth-order valence-electron chi connectivity index (χ4n) is 2.21. The molecular formula is C14H18N4OS. The first kappa shape index (κ1) is 13.3. The second kappa shape index (κ2) is 6.19. The zero-order valence-corrected chi connectivity index (χ0v) is 12.3. The number of hydrogen-bond acceptors (Lipinski definition) is 6. The molecule has 1 aliphatic heterocycles. The zero-order valence-electron chi connectivity index (χ0n) is 11.5. The summed E-state index contributed by atoms with van der Waals surface area (Å²) >= 11 is 1.66. The van der Waals surface area contributed by atoms with Gasteiger partial charge in [-0.2, -0.15) is 0 Å². The minimum absolute atomic E-state index is 0.249. The molecule has 6 heteroatoms. The van der Waals surface area contributed by atoms with Gasteiger partial charge in [-0.25, -0.2) is 4.98 Å². The molecule has 106 valence electrons. The molecule has 3 heterocycles. The largest absolute Gasteiger partial charge is 0.378 e. The Labute approximate surface area is 122 Å². The highest BCUT2D eigenvalue weighted by Crippen LogP contribution is 2.22. The Morgan fingerprint density at radius 2 is 2.15 bits per heavy atom. The number of nitrogens with zero attached hydrogens (tertiary/aromatic N) is 3. The first-order valence-electron chi connectivity index (χ1n) is 6.76. The van der Waals surface area contributed by atoms with Gasteiger partial charge in [-0.15, -0.1) is 11.3 Å². The van der Waals surface area contributed by atoms with Crippen molar-refractivity contribution in [2.24, 2.45) is 0 Å². The molecule has 20 heavy (non-hydrogen) atoms. The Kier molecular flexibility index (Phi) is 4.13. The molecule has 1 unspecified atom stereocenters. The summed E-state index contributed by atoms with van der Waals surface area (Å²) < 4.78 is 5.35. The van der Waals surface area contributed by atoms with Gasteiger partial charge in [0.05, 0.1) is 36.7 Å². The molecule has 0 radical (unpaired) electrons. The van der Waals surface area contributed by atoms with Crippen LogP contribution in [0.5, 0.6) is 0 Å². The minimum Gasteiger partial charge on any atom is -0.378 e. The van der Waals surface area contributed by atoms with Crippen LogP contribution in [-0.4, -0.2) is 36.3 Å². The normalized spacial score (nSPS) is 16.9. The number of thiazole rings is 1. The lowest BCUT2D eigenvalue weighted by Gasteiger charge is -2.27. The van der Waals surface area contributed by atoms with Gasteiger partial charge in [0.25, 0.3) is 0 Å². The van der Waals surface area contributed by atoms with Crippen molar-refractivity contribution in [3.63, 3.8) is 0 Å². The van der Waals surface area contributed by atoms with Gasteiger partial charge in [-0.3, -0.25) is 4.98 Å². The first-order valence-corrected chi connectivity index (χ1v) is 7.64. The summed E-state index contributed by atoms with van der Waals surface area (Å²) in [6.07, 6.45) is 3.79. The highest BCUT2D eigenvalue weighted by atomic mass is 32.1. The van der Waals surface area contributed by atoms with Crippen LogP contribution in [0, 0.1) is 0 Å². The smallest absolute Gasteiger partial charge is 0.128 e. The summed E-state index contributed by atoms with van der Waals surface area (Å²) in [6.45, 7) is 5.52. The van der Waals surface area contributed by atoms with Crippen LogP contribution < -0.4 is 10.2 Å². The molecule has 1 saturated heterocycles. The monoisotopic (exact) mass is 290 g/mol. The number of anilines is 2. The van der Waals surface area contributed by atoms with E-state index in [9.17, 15) is 0 Å². The third-order valence-corrected chi connectivity index (χ3v) is 4.30. The van der Waals surface area contributed by atoms with Crippen LogP contribution in [0.15, 0.2) is 30.0 Å². The van der Waals surface area contributed by atoms with Gasteiger partial charge in [-0.1, -0.05) is 0 Å². The maximum Gasteiger partial charge on any atom is 0.128 e. The number of hydrogen-bond donors (Lipinski definition) is 1. The SMILES string of the molecule is CC(Nc1ccc(N2CCOCC2)nc1)c1cncs1. The van der Waals surface area contributed by atoms with Crippen molar-refractivity contribution in [1.82, 2.24) is 9.97 Å². The van der Waals surface area contributed by atoms with Crippen LogP contribution in [0.2, 0.25) is 0 Å². The van der Waals surface area contributed by atoms with Gasteiger partial charge in [0.2, 0.25) is 0 Å². The average Bonchev–Trinajstić information content (AvgIpc) is 3.03. The maximum atomic E-state index is 5.35. The summed E-state index contributed by atoms with van der Waals surface area (Å²) in [7, 11) is 0. The van der Waals surface area contributed by atoms with E-state index in [2.05, 4.69) is 39.2 Å². The van der Waals surface area contributed by atoms with Crippen LogP contribution in [0.3, 0.4) is 0 Å². The van der Waals surface area contributed by atoms with Gasteiger partial charge >= 0.3 is 0 Å². The molecule has 1 atom stereocenters. The zero-order chi connectivity index (χ0) is 13.8. The van der Waals surface area contributed by atoms with E-state index in [1.54, 1.807) is 11.3 Å². The lowest BCUT2D eigenvalue weighted by Crippen LogP contribution is -2.36. The van der Waals surface area contributed by atoms with E-state index in [-0.39, 0.29) is 6.04 Å². The molecule has 0 saturated carbocycles. The number of ether oxygens (including phenoxy) is 1. The summed E-state index contributed by atoms with van der Waals surface area (Å²) in [5, 5.41) is 3.44. The molecule has 0 amide bonds. The molecule has 0 bridgehead atoms. The van der Waals surface area contributed by atoms with E-state index >= 15 is 0 Å². The van der Waals surface area contributed by atoms with Crippen molar-refractivity contribution >= 4 is 22.8 Å². The molecule has 5 nitrogen and oxygen atoms in total. The molecule has 0 spiro atoms. The van der Waals surface area contributed by atoms with E-state index < -0.39 is 0 Å². The van der Waals surface area contributed by atoms with Crippen LogP contribution >= 0.6 is 11.3 Å². The predicted molar refractivity (Wildman–Crippen MR) is 81.4 cm³/mol. The molecule has 1 fully saturated rings. The Morgan fingerprint density at radius 3 is 2.80 bits per heavy atom. The van der Waals surface area contributed by atoms with E-state index in [4.69, 9.17) is 4.74 Å². The van der Waals surface area contributed by atoms with E-state index in [1.807, 2.05) is 17.9 Å². The highest BCUT2D eigenvalue weighted by Gasteiger charge is 2.12. The van der Waals surface area contributed by atoms with Crippen LogP contribution in [0.25, 0.3) is 0 Å². The van der Waals surface area contributed by atoms with E-state index in [0.717, 1.165) is 37.8 Å². The standard InChI is InChI=1S/C14H18N4OS/c1-11(13-9-15-10-20-13)17-12-2-3-14(16-8-12)18-4-6-19-7-5-18/h2-3,8-11,17H,4-7H2,1H3. The van der Waals surface area contributed by atoms with Crippen LogP contribution in [0.4, 0.5) is 11.5 Å². The molecule has 0 aromatic carbocycles. The second-order valence-electron chi connectivity index (χ2n) is 4.77. The molecule has 3 rings (SSSR count). The summed E-state index contributed by atoms with van der Waals surface area (Å²) in [5.41, 5.74) is 2.88. The first-order chi connectivity index (χ1) is 9.83. The Hall–Kier alpha value is -1.66. The van der Waals surface area contributed by atoms with E-state index in [1.165, 1.54) is 4.88 Å². The number of pyridine rings is 1. The number of rotatable bonds is 4. The number of aromatic nitrogens is 2. The topological polar surface area (TPSA) is 50.3 Å². The maximum absolute atomic E-state index is 5.35. The Balaban J connectivity index is 1.63. The second-order valence-corrected chi connectivity index (χ2v) is 5.69. The third kappa shape index (κ3) is 3.08. The highest BCUT2D eigenvalue weighted by molar-refractivity contribution is 7.09. The van der Waals surface area contributed by atoms with E-state index in [0.29, 0.717) is 0 Å². The molecular weight excluding hydrogens is 272 g/mol. The van der Waals surface area contributed by atoms with Gasteiger partial charge in [0.15, 0.2) is 0 Å². The van der Waals surface area contributed by atoms with Crippen molar-refractivity contribution in [3.8, 4) is 0 Å². The molecule has 2 aromatic heterocycles. The van der Waals surface area contributed by atoms with Crippen molar-refractivity contribution in [3.05, 3.63) is 34.9 Å². The third-order valence-electron chi connectivity index (χ3n) is 3.34. The summed E-state index contributed by atoms with van der Waals surface area (Å²) in [4.78, 5) is 12.1.